The average molecular weight is 328 g/mol. The van der Waals surface area contributed by atoms with E-state index in [9.17, 15) is 13.2 Å². The van der Waals surface area contributed by atoms with E-state index < -0.39 is 12.0 Å². The zero-order chi connectivity index (χ0) is 16.6. The first-order chi connectivity index (χ1) is 10.8. The van der Waals surface area contributed by atoms with Gasteiger partial charge in [-0.25, -0.2) is 0 Å². The standard InChI is InChI=1S/C14H19F3N6/c1-21(2)7-5-10-6-8-22(9-10)12-4-3-11-18-19-13(14(15,16)17)23(11)20-12/h3-4,10H,5-9H2,1-2H3. The Morgan fingerprint density at radius 2 is 2.04 bits per heavy atom. The summed E-state index contributed by atoms with van der Waals surface area (Å²) in [4.78, 5) is 4.17. The van der Waals surface area contributed by atoms with Crippen LogP contribution in [0.5, 0.6) is 0 Å². The molecule has 126 valence electrons. The molecule has 0 aliphatic carbocycles. The minimum absolute atomic E-state index is 0.101. The second kappa shape index (κ2) is 5.95. The number of aromatic nitrogens is 4. The van der Waals surface area contributed by atoms with Crippen molar-refractivity contribution in [2.75, 3.05) is 38.6 Å². The Kier molecular flexibility index (Phi) is 4.13. The lowest BCUT2D eigenvalue weighted by molar-refractivity contribution is -0.146. The van der Waals surface area contributed by atoms with Crippen LogP contribution in [-0.2, 0) is 6.18 Å². The fourth-order valence-electron chi connectivity index (χ4n) is 2.84. The summed E-state index contributed by atoms with van der Waals surface area (Å²) in [6.45, 7) is 2.63. The second-order valence-electron chi connectivity index (χ2n) is 6.18. The molecule has 2 aromatic rings. The highest BCUT2D eigenvalue weighted by Gasteiger charge is 2.38. The van der Waals surface area contributed by atoms with Gasteiger partial charge in [0.15, 0.2) is 5.65 Å². The summed E-state index contributed by atoms with van der Waals surface area (Å²) in [6.07, 6.45) is -2.46. The van der Waals surface area contributed by atoms with Gasteiger partial charge < -0.3 is 9.80 Å². The van der Waals surface area contributed by atoms with Crippen molar-refractivity contribution in [3.63, 3.8) is 0 Å². The third kappa shape index (κ3) is 3.39. The van der Waals surface area contributed by atoms with E-state index in [1.165, 1.54) is 6.07 Å². The number of alkyl halides is 3. The highest BCUT2D eigenvalue weighted by molar-refractivity contribution is 5.46. The summed E-state index contributed by atoms with van der Waals surface area (Å²) in [5, 5.41) is 10.8. The summed E-state index contributed by atoms with van der Waals surface area (Å²) >= 11 is 0. The highest BCUT2D eigenvalue weighted by Crippen LogP contribution is 2.29. The van der Waals surface area contributed by atoms with Crippen molar-refractivity contribution in [2.24, 2.45) is 5.92 Å². The maximum atomic E-state index is 12.9. The zero-order valence-corrected chi connectivity index (χ0v) is 13.1. The van der Waals surface area contributed by atoms with Gasteiger partial charge in [-0.1, -0.05) is 0 Å². The Labute approximate surface area is 131 Å². The molecule has 23 heavy (non-hydrogen) atoms. The molecule has 0 radical (unpaired) electrons. The third-order valence-corrected chi connectivity index (χ3v) is 4.10. The van der Waals surface area contributed by atoms with Gasteiger partial charge in [0.25, 0.3) is 5.82 Å². The van der Waals surface area contributed by atoms with Crippen molar-refractivity contribution in [2.45, 2.75) is 19.0 Å². The van der Waals surface area contributed by atoms with Gasteiger partial charge in [-0.3, -0.25) is 0 Å². The van der Waals surface area contributed by atoms with Crippen molar-refractivity contribution < 1.29 is 13.2 Å². The van der Waals surface area contributed by atoms with Crippen LogP contribution in [0.4, 0.5) is 19.0 Å². The molecule has 1 aliphatic heterocycles. The van der Waals surface area contributed by atoms with Gasteiger partial charge in [0, 0.05) is 13.1 Å². The molecule has 0 amide bonds. The molecule has 2 aromatic heterocycles. The number of fused-ring (bicyclic) bond motifs is 1. The Morgan fingerprint density at radius 1 is 1.26 bits per heavy atom. The highest BCUT2D eigenvalue weighted by atomic mass is 19.4. The van der Waals surface area contributed by atoms with Crippen molar-refractivity contribution in [1.29, 1.82) is 0 Å². The second-order valence-corrected chi connectivity index (χ2v) is 6.18. The molecular formula is C14H19F3N6. The number of anilines is 1. The minimum atomic E-state index is -4.57. The van der Waals surface area contributed by atoms with E-state index in [2.05, 4.69) is 20.2 Å². The first-order valence-electron chi connectivity index (χ1n) is 7.54. The SMILES string of the molecule is CN(C)CCC1CCN(c2ccc3nnc(C(F)(F)F)n3n2)C1. The summed E-state index contributed by atoms with van der Waals surface area (Å²) in [5.74, 6) is -0.00856. The van der Waals surface area contributed by atoms with E-state index in [1.54, 1.807) is 6.07 Å². The summed E-state index contributed by atoms with van der Waals surface area (Å²) in [7, 11) is 4.07. The van der Waals surface area contributed by atoms with E-state index in [1.807, 2.05) is 19.0 Å². The molecule has 0 N–H and O–H groups in total. The van der Waals surface area contributed by atoms with Crippen LogP contribution < -0.4 is 4.90 Å². The van der Waals surface area contributed by atoms with Gasteiger partial charge in [0.05, 0.1) is 0 Å². The van der Waals surface area contributed by atoms with Gasteiger partial charge in [-0.05, 0) is 51.5 Å². The van der Waals surface area contributed by atoms with Crippen molar-refractivity contribution in [3.05, 3.63) is 18.0 Å². The zero-order valence-electron chi connectivity index (χ0n) is 13.1. The molecular weight excluding hydrogens is 309 g/mol. The lowest BCUT2D eigenvalue weighted by atomic mass is 10.1. The molecule has 0 saturated carbocycles. The van der Waals surface area contributed by atoms with Crippen LogP contribution in [-0.4, -0.2) is 58.4 Å². The predicted octanol–water partition coefficient (Wildman–Crippen LogP) is 1.92. The molecule has 1 atom stereocenters. The molecule has 3 heterocycles. The molecule has 1 unspecified atom stereocenters. The lowest BCUT2D eigenvalue weighted by Crippen LogP contribution is -2.23. The maximum absolute atomic E-state index is 12.9. The smallest absolute Gasteiger partial charge is 0.355 e. The van der Waals surface area contributed by atoms with Crippen molar-refractivity contribution in [1.82, 2.24) is 24.7 Å². The van der Waals surface area contributed by atoms with Gasteiger partial charge in [-0.2, -0.15) is 17.7 Å². The Morgan fingerprint density at radius 3 is 2.74 bits per heavy atom. The summed E-state index contributed by atoms with van der Waals surface area (Å²) in [6, 6.07) is 3.23. The van der Waals surface area contributed by atoms with Gasteiger partial charge >= 0.3 is 6.18 Å². The van der Waals surface area contributed by atoms with Gasteiger partial charge in [0.1, 0.15) is 5.82 Å². The molecule has 9 heteroatoms. The molecule has 1 fully saturated rings. The lowest BCUT2D eigenvalue weighted by Gasteiger charge is -2.18. The first kappa shape index (κ1) is 16.0. The number of hydrogen-bond acceptors (Lipinski definition) is 5. The largest absolute Gasteiger partial charge is 0.453 e. The number of rotatable bonds is 4. The third-order valence-electron chi connectivity index (χ3n) is 4.10. The van der Waals surface area contributed by atoms with Crippen LogP contribution >= 0.6 is 0 Å². The maximum Gasteiger partial charge on any atom is 0.453 e. The van der Waals surface area contributed by atoms with Crippen LogP contribution in [0.25, 0.3) is 5.65 Å². The molecule has 1 aliphatic rings. The molecule has 6 nitrogen and oxygen atoms in total. The average Bonchev–Trinajstić information content (AvgIpc) is 3.10. The van der Waals surface area contributed by atoms with E-state index in [-0.39, 0.29) is 5.65 Å². The fraction of sp³-hybridized carbons (Fsp3) is 0.643. The van der Waals surface area contributed by atoms with Crippen LogP contribution in [0.1, 0.15) is 18.7 Å². The van der Waals surface area contributed by atoms with Gasteiger partial charge in [0.2, 0.25) is 0 Å². The van der Waals surface area contributed by atoms with E-state index >= 15 is 0 Å². The normalized spacial score (nSPS) is 19.2. The molecule has 0 spiro atoms. The Bertz CT molecular complexity index is 681. The Hall–Kier alpha value is -1.90. The van der Waals surface area contributed by atoms with Gasteiger partial charge in [-0.15, -0.1) is 15.3 Å². The number of halogens is 3. The van der Waals surface area contributed by atoms with Crippen LogP contribution in [0, 0.1) is 5.92 Å². The van der Waals surface area contributed by atoms with E-state index in [0.29, 0.717) is 11.7 Å². The molecule has 0 aromatic carbocycles. The number of hydrogen-bond donors (Lipinski definition) is 0. The van der Waals surface area contributed by atoms with Crippen LogP contribution in [0.2, 0.25) is 0 Å². The minimum Gasteiger partial charge on any atom is -0.355 e. The van der Waals surface area contributed by atoms with E-state index in [0.717, 1.165) is 37.0 Å². The monoisotopic (exact) mass is 328 g/mol. The molecule has 1 saturated heterocycles. The number of nitrogens with zero attached hydrogens (tertiary/aromatic N) is 6. The van der Waals surface area contributed by atoms with E-state index in [4.69, 9.17) is 0 Å². The quantitative estimate of drug-likeness (QED) is 0.858. The predicted molar refractivity (Wildman–Crippen MR) is 79.3 cm³/mol. The fourth-order valence-corrected chi connectivity index (χ4v) is 2.84. The van der Waals surface area contributed by atoms with Crippen LogP contribution in [0.15, 0.2) is 12.1 Å². The molecule has 0 bridgehead atoms. The Balaban J connectivity index is 1.79. The summed E-state index contributed by atoms with van der Waals surface area (Å²) in [5.41, 5.74) is 0.101. The topological polar surface area (TPSA) is 49.6 Å². The van der Waals surface area contributed by atoms with Crippen LogP contribution in [0.3, 0.4) is 0 Å². The van der Waals surface area contributed by atoms with Crippen molar-refractivity contribution >= 4 is 11.5 Å². The summed E-state index contributed by atoms with van der Waals surface area (Å²) < 4.78 is 39.5. The first-order valence-corrected chi connectivity index (χ1v) is 7.54. The molecule has 3 rings (SSSR count). The van der Waals surface area contributed by atoms with Crippen molar-refractivity contribution in [3.8, 4) is 0 Å².